The standard InChI is InChI=1S/C14H17N3O3/c1-17-5-6-19-12(9-17)14-15-13(20-16-14)8-10-3-2-4-11(18)7-10/h2-4,7,12,18H,5-6,8-9H2,1H3. The van der Waals surface area contributed by atoms with E-state index in [0.717, 1.165) is 18.7 Å². The molecule has 3 rings (SSSR count). The van der Waals surface area contributed by atoms with E-state index >= 15 is 0 Å². The quantitative estimate of drug-likeness (QED) is 0.912. The van der Waals surface area contributed by atoms with Crippen molar-refractivity contribution >= 4 is 0 Å². The van der Waals surface area contributed by atoms with Crippen molar-refractivity contribution in [3.63, 3.8) is 0 Å². The lowest BCUT2D eigenvalue weighted by molar-refractivity contribution is -0.0264. The van der Waals surface area contributed by atoms with Gasteiger partial charge in [-0.05, 0) is 24.7 Å². The van der Waals surface area contributed by atoms with Crippen LogP contribution in [0.5, 0.6) is 5.75 Å². The predicted molar refractivity (Wildman–Crippen MR) is 71.4 cm³/mol. The van der Waals surface area contributed by atoms with Gasteiger partial charge in [-0.2, -0.15) is 4.98 Å². The Hall–Kier alpha value is -1.92. The summed E-state index contributed by atoms with van der Waals surface area (Å²) < 4.78 is 10.9. The summed E-state index contributed by atoms with van der Waals surface area (Å²) in [5.41, 5.74) is 0.932. The van der Waals surface area contributed by atoms with Crippen molar-refractivity contribution in [2.45, 2.75) is 12.5 Å². The molecule has 1 unspecified atom stereocenters. The highest BCUT2D eigenvalue weighted by Gasteiger charge is 2.24. The molecule has 2 heterocycles. The summed E-state index contributed by atoms with van der Waals surface area (Å²) in [5, 5.41) is 13.4. The minimum Gasteiger partial charge on any atom is -0.508 e. The third kappa shape index (κ3) is 2.97. The van der Waals surface area contributed by atoms with Gasteiger partial charge < -0.3 is 19.3 Å². The van der Waals surface area contributed by atoms with Gasteiger partial charge in [0.1, 0.15) is 11.9 Å². The molecular weight excluding hydrogens is 258 g/mol. The normalized spacial score (nSPS) is 20.1. The summed E-state index contributed by atoms with van der Waals surface area (Å²) >= 11 is 0. The van der Waals surface area contributed by atoms with Crippen molar-refractivity contribution in [3.05, 3.63) is 41.5 Å². The van der Waals surface area contributed by atoms with Gasteiger partial charge in [0.2, 0.25) is 11.7 Å². The van der Waals surface area contributed by atoms with Crippen molar-refractivity contribution in [1.82, 2.24) is 15.0 Å². The number of phenolic OH excluding ortho intramolecular Hbond substituents is 1. The molecule has 2 aromatic rings. The molecule has 6 nitrogen and oxygen atoms in total. The van der Waals surface area contributed by atoms with Crippen LogP contribution in [0.3, 0.4) is 0 Å². The monoisotopic (exact) mass is 275 g/mol. The largest absolute Gasteiger partial charge is 0.508 e. The number of aromatic nitrogens is 2. The van der Waals surface area contributed by atoms with Gasteiger partial charge >= 0.3 is 0 Å². The maximum absolute atomic E-state index is 9.44. The van der Waals surface area contributed by atoms with E-state index in [1.54, 1.807) is 18.2 Å². The van der Waals surface area contributed by atoms with Crippen LogP contribution in [0.25, 0.3) is 0 Å². The molecule has 0 spiro atoms. The molecule has 0 bridgehead atoms. The van der Waals surface area contributed by atoms with Crippen LogP contribution in [-0.4, -0.2) is 46.9 Å². The Morgan fingerprint density at radius 1 is 1.45 bits per heavy atom. The van der Waals surface area contributed by atoms with Crippen LogP contribution in [0.1, 0.15) is 23.4 Å². The van der Waals surface area contributed by atoms with Gasteiger partial charge in [0, 0.05) is 13.1 Å². The number of rotatable bonds is 3. The molecule has 0 aliphatic carbocycles. The fourth-order valence-electron chi connectivity index (χ4n) is 2.25. The van der Waals surface area contributed by atoms with Crippen LogP contribution >= 0.6 is 0 Å². The second kappa shape index (κ2) is 5.60. The van der Waals surface area contributed by atoms with E-state index in [1.807, 2.05) is 13.1 Å². The van der Waals surface area contributed by atoms with Gasteiger partial charge in [0.05, 0.1) is 13.0 Å². The molecule has 1 saturated heterocycles. The second-order valence-electron chi connectivity index (χ2n) is 5.01. The zero-order valence-electron chi connectivity index (χ0n) is 11.3. The lowest BCUT2D eigenvalue weighted by Gasteiger charge is -2.27. The lowest BCUT2D eigenvalue weighted by atomic mass is 10.1. The number of phenols is 1. The molecular formula is C14H17N3O3. The molecule has 1 N–H and O–H groups in total. The maximum atomic E-state index is 9.44. The van der Waals surface area contributed by atoms with Crippen LogP contribution < -0.4 is 0 Å². The van der Waals surface area contributed by atoms with Gasteiger partial charge in [0.25, 0.3) is 0 Å². The van der Waals surface area contributed by atoms with Crippen LogP contribution in [0.15, 0.2) is 28.8 Å². The van der Waals surface area contributed by atoms with Crippen molar-refractivity contribution < 1.29 is 14.4 Å². The zero-order chi connectivity index (χ0) is 13.9. The number of nitrogens with zero attached hydrogens (tertiary/aromatic N) is 3. The van der Waals surface area contributed by atoms with E-state index in [9.17, 15) is 5.11 Å². The molecule has 0 saturated carbocycles. The molecule has 6 heteroatoms. The minimum atomic E-state index is -0.129. The van der Waals surface area contributed by atoms with Gasteiger partial charge in [-0.3, -0.25) is 0 Å². The number of aromatic hydroxyl groups is 1. The molecule has 1 atom stereocenters. The first-order valence-electron chi connectivity index (χ1n) is 6.61. The van der Waals surface area contributed by atoms with Gasteiger partial charge in [-0.15, -0.1) is 0 Å². The third-order valence-electron chi connectivity index (χ3n) is 3.31. The topological polar surface area (TPSA) is 71.6 Å². The number of likely N-dealkylation sites (N-methyl/N-ethyl adjacent to an activating group) is 1. The smallest absolute Gasteiger partial charge is 0.231 e. The van der Waals surface area contributed by atoms with Crippen molar-refractivity contribution in [3.8, 4) is 5.75 Å². The average molecular weight is 275 g/mol. The van der Waals surface area contributed by atoms with Crippen molar-refractivity contribution in [1.29, 1.82) is 0 Å². The molecule has 1 aliphatic heterocycles. The van der Waals surface area contributed by atoms with Crippen LogP contribution in [0.2, 0.25) is 0 Å². The van der Waals surface area contributed by atoms with Crippen molar-refractivity contribution in [2.24, 2.45) is 0 Å². The zero-order valence-corrected chi connectivity index (χ0v) is 11.3. The Balaban J connectivity index is 1.70. The fourth-order valence-corrected chi connectivity index (χ4v) is 2.25. The summed E-state index contributed by atoms with van der Waals surface area (Å²) in [5.74, 6) is 1.36. The average Bonchev–Trinajstić information content (AvgIpc) is 2.87. The Morgan fingerprint density at radius 3 is 3.15 bits per heavy atom. The number of ether oxygens (including phenoxy) is 1. The first kappa shape index (κ1) is 13.1. The molecule has 0 radical (unpaired) electrons. The molecule has 0 amide bonds. The number of hydrogen-bond donors (Lipinski definition) is 1. The summed E-state index contributed by atoms with van der Waals surface area (Å²) in [6.07, 6.45) is 0.375. The minimum absolute atomic E-state index is 0.129. The summed E-state index contributed by atoms with van der Waals surface area (Å²) in [4.78, 5) is 6.56. The Bertz CT molecular complexity index is 585. The number of benzene rings is 1. The van der Waals surface area contributed by atoms with Crippen LogP contribution in [0.4, 0.5) is 0 Å². The van der Waals surface area contributed by atoms with E-state index in [1.165, 1.54) is 0 Å². The summed E-state index contributed by atoms with van der Waals surface area (Å²) in [6, 6.07) is 7.03. The van der Waals surface area contributed by atoms with Gasteiger partial charge in [0.15, 0.2) is 0 Å². The van der Waals surface area contributed by atoms with Gasteiger partial charge in [-0.1, -0.05) is 17.3 Å². The summed E-state index contributed by atoms with van der Waals surface area (Å²) in [6.45, 7) is 2.37. The summed E-state index contributed by atoms with van der Waals surface area (Å²) in [7, 11) is 2.04. The van der Waals surface area contributed by atoms with E-state index in [4.69, 9.17) is 9.26 Å². The van der Waals surface area contributed by atoms with E-state index < -0.39 is 0 Å². The molecule has 1 aromatic heterocycles. The van der Waals surface area contributed by atoms with Crippen LogP contribution in [0, 0.1) is 0 Å². The number of hydrogen-bond acceptors (Lipinski definition) is 6. The van der Waals surface area contributed by atoms with Crippen LogP contribution in [-0.2, 0) is 11.2 Å². The first-order valence-corrected chi connectivity index (χ1v) is 6.61. The fraction of sp³-hybridized carbons (Fsp3) is 0.429. The molecule has 1 aliphatic rings. The van der Waals surface area contributed by atoms with Crippen molar-refractivity contribution in [2.75, 3.05) is 26.7 Å². The van der Waals surface area contributed by atoms with E-state index in [0.29, 0.717) is 24.7 Å². The van der Waals surface area contributed by atoms with E-state index in [2.05, 4.69) is 15.0 Å². The highest BCUT2D eigenvalue weighted by molar-refractivity contribution is 5.28. The Labute approximate surface area is 117 Å². The highest BCUT2D eigenvalue weighted by atomic mass is 16.5. The Kier molecular flexibility index (Phi) is 3.66. The number of morpholine rings is 1. The van der Waals surface area contributed by atoms with E-state index in [-0.39, 0.29) is 11.9 Å². The molecule has 106 valence electrons. The third-order valence-corrected chi connectivity index (χ3v) is 3.31. The second-order valence-corrected chi connectivity index (χ2v) is 5.01. The predicted octanol–water partition coefficient (Wildman–Crippen LogP) is 1.37. The Morgan fingerprint density at radius 2 is 2.35 bits per heavy atom. The first-order chi connectivity index (χ1) is 9.70. The van der Waals surface area contributed by atoms with Gasteiger partial charge in [-0.25, -0.2) is 0 Å². The molecule has 20 heavy (non-hydrogen) atoms. The molecule has 1 fully saturated rings. The molecule has 1 aromatic carbocycles. The highest BCUT2D eigenvalue weighted by Crippen LogP contribution is 2.20. The SMILES string of the molecule is CN1CCOC(c2noc(Cc3cccc(O)c3)n2)C1. The maximum Gasteiger partial charge on any atom is 0.231 e. The lowest BCUT2D eigenvalue weighted by Crippen LogP contribution is -2.35.